The molecule has 0 aromatic heterocycles. The van der Waals surface area contributed by atoms with Gasteiger partial charge in [0.15, 0.2) is 0 Å². The molecule has 5 nitrogen and oxygen atoms in total. The second-order valence-corrected chi connectivity index (χ2v) is 6.57. The molecule has 1 fully saturated rings. The van der Waals surface area contributed by atoms with E-state index in [4.69, 9.17) is 4.74 Å². The van der Waals surface area contributed by atoms with Gasteiger partial charge in [-0.25, -0.2) is 0 Å². The fourth-order valence-corrected chi connectivity index (χ4v) is 3.03. The molecule has 0 saturated carbocycles. The Morgan fingerprint density at radius 2 is 1.95 bits per heavy atom. The third kappa shape index (κ3) is 5.57. The Bertz CT molecular complexity index is 315. The fourth-order valence-electron chi connectivity index (χ4n) is 3.03. The molecule has 0 aliphatic carbocycles. The molecule has 0 bridgehead atoms. The summed E-state index contributed by atoms with van der Waals surface area (Å²) >= 11 is 0. The van der Waals surface area contributed by atoms with Gasteiger partial charge in [-0.1, -0.05) is 0 Å². The lowest BCUT2D eigenvalue weighted by Crippen LogP contribution is -2.48. The SMILES string of the molecule is CNC(C)(CCCCN1CCC(N(C)C)CC1)C(=O)OC. The molecular weight excluding hydrogens is 266 g/mol. The molecule has 1 aliphatic heterocycles. The predicted octanol–water partition coefficient (Wildman–Crippen LogP) is 1.33. The molecule has 0 spiro atoms. The van der Waals surface area contributed by atoms with Gasteiger partial charge in [0.05, 0.1) is 7.11 Å². The number of carbonyl (C=O) groups excluding carboxylic acids is 1. The molecule has 1 N–H and O–H groups in total. The zero-order valence-corrected chi connectivity index (χ0v) is 14.4. The zero-order chi connectivity index (χ0) is 15.9. The van der Waals surface area contributed by atoms with Gasteiger partial charge in [-0.3, -0.25) is 4.79 Å². The van der Waals surface area contributed by atoms with Gasteiger partial charge < -0.3 is 19.9 Å². The number of piperidine rings is 1. The van der Waals surface area contributed by atoms with Crippen LogP contribution in [0.15, 0.2) is 0 Å². The van der Waals surface area contributed by atoms with E-state index in [2.05, 4.69) is 29.2 Å². The van der Waals surface area contributed by atoms with Gasteiger partial charge in [0, 0.05) is 6.04 Å². The maximum Gasteiger partial charge on any atom is 0.325 e. The van der Waals surface area contributed by atoms with Crippen molar-refractivity contribution in [2.75, 3.05) is 47.9 Å². The largest absolute Gasteiger partial charge is 0.468 e. The first-order valence-electron chi connectivity index (χ1n) is 8.09. The molecule has 21 heavy (non-hydrogen) atoms. The first-order valence-corrected chi connectivity index (χ1v) is 8.09. The number of ether oxygens (including phenoxy) is 1. The van der Waals surface area contributed by atoms with Crippen molar-refractivity contribution in [3.05, 3.63) is 0 Å². The van der Waals surface area contributed by atoms with Crippen molar-refractivity contribution in [3.8, 4) is 0 Å². The highest BCUT2D eigenvalue weighted by Gasteiger charge is 2.31. The Morgan fingerprint density at radius 3 is 2.43 bits per heavy atom. The smallest absolute Gasteiger partial charge is 0.325 e. The Kier molecular flexibility index (Phi) is 7.63. The number of hydrogen-bond acceptors (Lipinski definition) is 5. The summed E-state index contributed by atoms with van der Waals surface area (Å²) in [5.74, 6) is -0.170. The van der Waals surface area contributed by atoms with E-state index in [1.165, 1.54) is 33.0 Å². The van der Waals surface area contributed by atoms with Crippen molar-refractivity contribution in [3.63, 3.8) is 0 Å². The molecular formula is C16H33N3O2. The molecule has 0 radical (unpaired) electrons. The van der Waals surface area contributed by atoms with Crippen LogP contribution in [-0.4, -0.2) is 75.2 Å². The number of likely N-dealkylation sites (tertiary alicyclic amines) is 1. The Hall–Kier alpha value is -0.650. The summed E-state index contributed by atoms with van der Waals surface area (Å²) in [4.78, 5) is 16.7. The summed E-state index contributed by atoms with van der Waals surface area (Å²) in [6.07, 6.45) is 5.54. The highest BCUT2D eigenvalue weighted by molar-refractivity contribution is 5.80. The predicted molar refractivity (Wildman–Crippen MR) is 86.5 cm³/mol. The van der Waals surface area contributed by atoms with Crippen molar-refractivity contribution in [2.45, 2.75) is 50.6 Å². The molecule has 1 heterocycles. The van der Waals surface area contributed by atoms with Crippen LogP contribution in [0.4, 0.5) is 0 Å². The van der Waals surface area contributed by atoms with Crippen molar-refractivity contribution in [2.24, 2.45) is 0 Å². The van der Waals surface area contributed by atoms with Crippen molar-refractivity contribution in [1.29, 1.82) is 0 Å². The van der Waals surface area contributed by atoms with E-state index in [-0.39, 0.29) is 5.97 Å². The molecule has 1 saturated heterocycles. The second-order valence-electron chi connectivity index (χ2n) is 6.57. The van der Waals surface area contributed by atoms with Crippen LogP contribution >= 0.6 is 0 Å². The van der Waals surface area contributed by atoms with E-state index in [0.717, 1.165) is 31.8 Å². The summed E-state index contributed by atoms with van der Waals surface area (Å²) in [5, 5.41) is 3.09. The van der Waals surface area contributed by atoms with Crippen LogP contribution in [0.3, 0.4) is 0 Å². The zero-order valence-electron chi connectivity index (χ0n) is 14.4. The van der Waals surface area contributed by atoms with Crippen molar-refractivity contribution >= 4 is 5.97 Å². The third-order valence-corrected chi connectivity index (χ3v) is 4.88. The lowest BCUT2D eigenvalue weighted by atomic mass is 9.95. The lowest BCUT2D eigenvalue weighted by molar-refractivity contribution is -0.148. The molecule has 1 atom stereocenters. The number of likely N-dealkylation sites (N-methyl/N-ethyl adjacent to an activating group) is 1. The van der Waals surface area contributed by atoms with E-state index in [0.29, 0.717) is 0 Å². The topological polar surface area (TPSA) is 44.8 Å². The number of methoxy groups -OCH3 is 1. The minimum Gasteiger partial charge on any atom is -0.468 e. The summed E-state index contributed by atoms with van der Waals surface area (Å²) in [6.45, 7) is 5.45. The van der Waals surface area contributed by atoms with Crippen LogP contribution in [0.25, 0.3) is 0 Å². The average molecular weight is 299 g/mol. The van der Waals surface area contributed by atoms with E-state index in [1.807, 2.05) is 14.0 Å². The summed E-state index contributed by atoms with van der Waals surface area (Å²) in [7, 11) is 7.62. The third-order valence-electron chi connectivity index (χ3n) is 4.88. The summed E-state index contributed by atoms with van der Waals surface area (Å²) in [6, 6.07) is 0.744. The number of carbonyl (C=O) groups is 1. The minimum absolute atomic E-state index is 0.170. The van der Waals surface area contributed by atoms with E-state index < -0.39 is 5.54 Å². The molecule has 1 rings (SSSR count). The van der Waals surface area contributed by atoms with Crippen LogP contribution in [0.1, 0.15) is 39.0 Å². The molecule has 1 aliphatic rings. The van der Waals surface area contributed by atoms with Gasteiger partial charge in [-0.05, 0) is 79.8 Å². The number of nitrogens with one attached hydrogen (secondary N) is 1. The Labute approximate surface area is 130 Å². The molecule has 5 heteroatoms. The average Bonchev–Trinajstić information content (AvgIpc) is 2.50. The summed E-state index contributed by atoms with van der Waals surface area (Å²) in [5.41, 5.74) is -0.549. The number of unbranched alkanes of at least 4 members (excludes halogenated alkanes) is 1. The van der Waals surface area contributed by atoms with Gasteiger partial charge in [-0.15, -0.1) is 0 Å². The van der Waals surface area contributed by atoms with E-state index in [1.54, 1.807) is 0 Å². The molecule has 124 valence electrons. The van der Waals surface area contributed by atoms with Gasteiger partial charge in [0.25, 0.3) is 0 Å². The van der Waals surface area contributed by atoms with Crippen LogP contribution < -0.4 is 5.32 Å². The standard InChI is InChI=1S/C16H33N3O2/c1-16(17-2,15(20)21-5)10-6-7-11-19-12-8-14(9-13-19)18(3)4/h14,17H,6-13H2,1-5H3. The normalized spacial score (nSPS) is 20.5. The summed E-state index contributed by atoms with van der Waals surface area (Å²) < 4.78 is 4.87. The van der Waals surface area contributed by atoms with Crippen LogP contribution in [-0.2, 0) is 9.53 Å². The van der Waals surface area contributed by atoms with Gasteiger partial charge in [-0.2, -0.15) is 0 Å². The van der Waals surface area contributed by atoms with E-state index >= 15 is 0 Å². The number of esters is 1. The first kappa shape index (κ1) is 18.4. The number of nitrogens with zero attached hydrogens (tertiary/aromatic N) is 2. The van der Waals surface area contributed by atoms with Gasteiger partial charge in [0.2, 0.25) is 0 Å². The molecule has 0 aromatic rings. The van der Waals surface area contributed by atoms with Gasteiger partial charge in [0.1, 0.15) is 5.54 Å². The monoisotopic (exact) mass is 299 g/mol. The van der Waals surface area contributed by atoms with Crippen LogP contribution in [0.5, 0.6) is 0 Å². The quantitative estimate of drug-likeness (QED) is 0.541. The Morgan fingerprint density at radius 1 is 1.33 bits per heavy atom. The van der Waals surface area contributed by atoms with E-state index in [9.17, 15) is 4.79 Å². The highest BCUT2D eigenvalue weighted by Crippen LogP contribution is 2.18. The maximum absolute atomic E-state index is 11.8. The first-order chi connectivity index (χ1) is 9.92. The minimum atomic E-state index is -0.549. The van der Waals surface area contributed by atoms with Crippen molar-refractivity contribution in [1.82, 2.24) is 15.1 Å². The highest BCUT2D eigenvalue weighted by atomic mass is 16.5. The molecule has 1 unspecified atom stereocenters. The van der Waals surface area contributed by atoms with Crippen molar-refractivity contribution < 1.29 is 9.53 Å². The van der Waals surface area contributed by atoms with Gasteiger partial charge >= 0.3 is 5.97 Å². The molecule has 0 amide bonds. The molecule has 0 aromatic carbocycles. The van der Waals surface area contributed by atoms with Crippen LogP contribution in [0.2, 0.25) is 0 Å². The lowest BCUT2D eigenvalue weighted by Gasteiger charge is -2.35. The fraction of sp³-hybridized carbons (Fsp3) is 0.938. The number of hydrogen-bond donors (Lipinski definition) is 1. The maximum atomic E-state index is 11.8. The second kappa shape index (κ2) is 8.71. The number of rotatable bonds is 8. The van der Waals surface area contributed by atoms with Crippen LogP contribution in [0, 0.1) is 0 Å². The Balaban J connectivity index is 2.21.